The Labute approximate surface area is 102 Å². The van der Waals surface area contributed by atoms with Crippen LogP contribution in [0, 0.1) is 0 Å². The van der Waals surface area contributed by atoms with Gasteiger partial charge in [-0.05, 0) is 31.4 Å². The van der Waals surface area contributed by atoms with E-state index in [-0.39, 0.29) is 5.91 Å². The third-order valence-corrected chi connectivity index (χ3v) is 4.65. The molecule has 2 N–H and O–H groups in total. The highest BCUT2D eigenvalue weighted by Gasteiger charge is 2.18. The lowest BCUT2D eigenvalue weighted by Crippen LogP contribution is -2.43. The van der Waals surface area contributed by atoms with Gasteiger partial charge in [-0.25, -0.2) is 0 Å². The van der Waals surface area contributed by atoms with E-state index < -0.39 is 0 Å². The predicted octanol–water partition coefficient (Wildman–Crippen LogP) is 1.53. The maximum atomic E-state index is 11.7. The summed E-state index contributed by atoms with van der Waals surface area (Å²) in [5.41, 5.74) is 0. The topological polar surface area (TPSA) is 41.1 Å². The van der Waals surface area contributed by atoms with Gasteiger partial charge in [0, 0.05) is 17.8 Å². The maximum absolute atomic E-state index is 11.7. The number of hydrogen-bond donors (Lipinski definition) is 2. The van der Waals surface area contributed by atoms with Gasteiger partial charge in [-0.3, -0.25) is 4.79 Å². The van der Waals surface area contributed by atoms with E-state index in [9.17, 15) is 4.79 Å². The molecule has 0 aromatic rings. The van der Waals surface area contributed by atoms with E-state index in [1.54, 1.807) is 0 Å². The van der Waals surface area contributed by atoms with Crippen LogP contribution in [-0.4, -0.2) is 36.0 Å². The molecular formula is C12H22N2OS. The molecule has 0 bridgehead atoms. The smallest absolute Gasteiger partial charge is 0.234 e. The molecule has 16 heavy (non-hydrogen) atoms. The first-order valence-electron chi connectivity index (χ1n) is 6.45. The zero-order valence-electron chi connectivity index (χ0n) is 9.84. The first kappa shape index (κ1) is 12.2. The van der Waals surface area contributed by atoms with Crippen LogP contribution < -0.4 is 10.6 Å². The van der Waals surface area contributed by atoms with Crippen LogP contribution in [0.15, 0.2) is 0 Å². The molecule has 2 rings (SSSR count). The Balaban J connectivity index is 1.59. The Morgan fingerprint density at radius 2 is 1.88 bits per heavy atom. The summed E-state index contributed by atoms with van der Waals surface area (Å²) in [5, 5.41) is 6.47. The van der Waals surface area contributed by atoms with Gasteiger partial charge in [0.05, 0.1) is 6.54 Å². The number of carbonyl (C=O) groups is 1. The third-order valence-electron chi connectivity index (χ3n) is 3.43. The van der Waals surface area contributed by atoms with Crippen molar-refractivity contribution in [2.75, 3.05) is 18.1 Å². The van der Waals surface area contributed by atoms with Crippen LogP contribution in [0.1, 0.15) is 38.5 Å². The lowest BCUT2D eigenvalue weighted by molar-refractivity contribution is -0.121. The first-order chi connectivity index (χ1) is 7.84. The van der Waals surface area contributed by atoms with Gasteiger partial charge in [0.2, 0.25) is 5.91 Å². The number of carbonyl (C=O) groups excluding carboxylic acids is 1. The molecule has 92 valence electrons. The molecule has 2 aliphatic rings. The fourth-order valence-electron chi connectivity index (χ4n) is 2.49. The van der Waals surface area contributed by atoms with Gasteiger partial charge in [0.25, 0.3) is 0 Å². The normalized spacial score (nSPS) is 26.9. The minimum absolute atomic E-state index is 0.183. The Morgan fingerprint density at radius 3 is 2.56 bits per heavy atom. The van der Waals surface area contributed by atoms with Crippen molar-refractivity contribution in [3.05, 3.63) is 0 Å². The molecule has 4 heteroatoms. The van der Waals surface area contributed by atoms with Crippen molar-refractivity contribution >= 4 is 17.7 Å². The van der Waals surface area contributed by atoms with Crippen LogP contribution in [0.25, 0.3) is 0 Å². The van der Waals surface area contributed by atoms with Crippen molar-refractivity contribution in [2.45, 2.75) is 50.6 Å². The lowest BCUT2D eigenvalue weighted by Gasteiger charge is -2.22. The summed E-state index contributed by atoms with van der Waals surface area (Å²) in [6.45, 7) is 0.502. The molecule has 1 saturated heterocycles. The first-order valence-corrected chi connectivity index (χ1v) is 7.60. The number of rotatable bonds is 4. The largest absolute Gasteiger partial charge is 0.352 e. The Bertz CT molecular complexity index is 223. The van der Waals surface area contributed by atoms with Gasteiger partial charge < -0.3 is 10.6 Å². The molecule has 1 amide bonds. The van der Waals surface area contributed by atoms with Crippen LogP contribution in [0.5, 0.6) is 0 Å². The molecule has 3 nitrogen and oxygen atoms in total. The van der Waals surface area contributed by atoms with Crippen LogP contribution in [0.2, 0.25) is 0 Å². The summed E-state index contributed by atoms with van der Waals surface area (Å²) in [5.74, 6) is 2.63. The lowest BCUT2D eigenvalue weighted by atomic mass is 10.2. The maximum Gasteiger partial charge on any atom is 0.234 e. The summed E-state index contributed by atoms with van der Waals surface area (Å²) in [7, 11) is 0. The van der Waals surface area contributed by atoms with Gasteiger partial charge in [-0.2, -0.15) is 11.8 Å². The van der Waals surface area contributed by atoms with Gasteiger partial charge in [-0.1, -0.05) is 12.8 Å². The molecule has 1 unspecified atom stereocenters. The fourth-order valence-corrected chi connectivity index (χ4v) is 3.59. The second-order valence-electron chi connectivity index (χ2n) is 4.84. The Hall–Kier alpha value is -0.220. The number of amides is 1. The molecule has 0 spiro atoms. The summed E-state index contributed by atoms with van der Waals surface area (Å²) >= 11 is 1.99. The van der Waals surface area contributed by atoms with Crippen molar-refractivity contribution in [2.24, 2.45) is 0 Å². The van der Waals surface area contributed by atoms with Crippen LogP contribution >= 0.6 is 11.8 Å². The molecular weight excluding hydrogens is 220 g/mol. The molecule has 1 heterocycles. The van der Waals surface area contributed by atoms with Gasteiger partial charge in [0.15, 0.2) is 0 Å². The summed E-state index contributed by atoms with van der Waals surface area (Å²) in [6.07, 6.45) is 7.40. The average Bonchev–Trinajstić information content (AvgIpc) is 2.81. The van der Waals surface area contributed by atoms with Crippen LogP contribution in [0.4, 0.5) is 0 Å². The zero-order chi connectivity index (χ0) is 11.2. The molecule has 2 fully saturated rings. The minimum Gasteiger partial charge on any atom is -0.352 e. The summed E-state index contributed by atoms with van der Waals surface area (Å²) in [6, 6.07) is 1.00. The number of nitrogens with one attached hydrogen (secondary N) is 2. The fraction of sp³-hybridized carbons (Fsp3) is 0.917. The predicted molar refractivity (Wildman–Crippen MR) is 68.7 cm³/mol. The van der Waals surface area contributed by atoms with Crippen molar-refractivity contribution in [3.8, 4) is 0 Å². The zero-order valence-corrected chi connectivity index (χ0v) is 10.7. The van der Waals surface area contributed by atoms with Crippen molar-refractivity contribution < 1.29 is 4.79 Å². The van der Waals surface area contributed by atoms with E-state index in [4.69, 9.17) is 0 Å². The van der Waals surface area contributed by atoms with Gasteiger partial charge in [0.1, 0.15) is 0 Å². The quantitative estimate of drug-likeness (QED) is 0.785. The monoisotopic (exact) mass is 242 g/mol. The van der Waals surface area contributed by atoms with E-state index in [1.807, 2.05) is 11.8 Å². The molecule has 1 atom stereocenters. The molecule has 0 radical (unpaired) electrons. The van der Waals surface area contributed by atoms with Crippen LogP contribution in [-0.2, 0) is 4.79 Å². The van der Waals surface area contributed by atoms with E-state index in [0.29, 0.717) is 18.6 Å². The Kier molecular flexibility index (Phi) is 4.97. The summed E-state index contributed by atoms with van der Waals surface area (Å²) < 4.78 is 0. The average molecular weight is 242 g/mol. The van der Waals surface area contributed by atoms with Crippen molar-refractivity contribution in [1.29, 1.82) is 0 Å². The summed E-state index contributed by atoms with van der Waals surface area (Å²) in [4.78, 5) is 11.7. The van der Waals surface area contributed by atoms with E-state index in [2.05, 4.69) is 10.6 Å². The SMILES string of the molecule is O=C(CNC1CCCSC1)NC1CCCC1. The molecule has 0 aromatic carbocycles. The highest BCUT2D eigenvalue weighted by Crippen LogP contribution is 2.18. The Morgan fingerprint density at radius 1 is 1.12 bits per heavy atom. The number of hydrogen-bond acceptors (Lipinski definition) is 3. The van der Waals surface area contributed by atoms with Crippen molar-refractivity contribution in [1.82, 2.24) is 10.6 Å². The molecule has 0 aromatic heterocycles. The van der Waals surface area contributed by atoms with Crippen molar-refractivity contribution in [3.63, 3.8) is 0 Å². The van der Waals surface area contributed by atoms with Gasteiger partial charge >= 0.3 is 0 Å². The highest BCUT2D eigenvalue weighted by atomic mass is 32.2. The second kappa shape index (κ2) is 6.50. The molecule has 1 saturated carbocycles. The third kappa shape index (κ3) is 3.98. The standard InChI is InChI=1S/C12H22N2OS/c15-12(14-10-4-1-2-5-10)8-13-11-6-3-7-16-9-11/h10-11,13H,1-9H2,(H,14,15). The van der Waals surface area contributed by atoms with E-state index in [0.717, 1.165) is 5.75 Å². The minimum atomic E-state index is 0.183. The number of thioether (sulfide) groups is 1. The van der Waals surface area contributed by atoms with E-state index in [1.165, 1.54) is 44.3 Å². The molecule has 1 aliphatic carbocycles. The molecule has 1 aliphatic heterocycles. The second-order valence-corrected chi connectivity index (χ2v) is 5.99. The van der Waals surface area contributed by atoms with E-state index >= 15 is 0 Å². The van der Waals surface area contributed by atoms with Crippen LogP contribution in [0.3, 0.4) is 0 Å². The highest BCUT2D eigenvalue weighted by molar-refractivity contribution is 7.99. The van der Waals surface area contributed by atoms with Gasteiger partial charge in [-0.15, -0.1) is 0 Å².